The molecule has 0 radical (unpaired) electrons. The summed E-state index contributed by atoms with van der Waals surface area (Å²) in [5.41, 5.74) is 0.984. The number of anilines is 1. The van der Waals surface area contributed by atoms with E-state index >= 15 is 0 Å². The van der Waals surface area contributed by atoms with Crippen LogP contribution in [0.3, 0.4) is 0 Å². The highest BCUT2D eigenvalue weighted by atomic mass is 32.2. The third-order valence-electron chi connectivity index (χ3n) is 3.30. The van der Waals surface area contributed by atoms with Crippen LogP contribution in [0.4, 0.5) is 5.13 Å². The Labute approximate surface area is 138 Å². The molecule has 0 spiro atoms. The molecule has 1 fully saturated rings. The summed E-state index contributed by atoms with van der Waals surface area (Å²) in [6.07, 6.45) is 2.40. The first-order valence-corrected chi connectivity index (χ1v) is 8.86. The van der Waals surface area contributed by atoms with Crippen molar-refractivity contribution in [2.75, 3.05) is 19.4 Å². The van der Waals surface area contributed by atoms with Gasteiger partial charge in [-0.25, -0.2) is 0 Å². The fraction of sp³-hybridized carbons (Fsp3) is 0.400. The Hall–Kier alpha value is -1.60. The highest BCUT2D eigenvalue weighted by Gasteiger charge is 2.26. The van der Waals surface area contributed by atoms with E-state index in [0.717, 1.165) is 15.0 Å². The molecule has 0 aliphatic heterocycles. The fourth-order valence-electron chi connectivity index (χ4n) is 1.94. The molecular formula is C15H18N4OS2. The van der Waals surface area contributed by atoms with E-state index in [1.807, 2.05) is 30.3 Å². The third-order valence-corrected chi connectivity index (χ3v) is 5.48. The van der Waals surface area contributed by atoms with E-state index < -0.39 is 0 Å². The second-order valence-corrected chi connectivity index (χ2v) is 7.76. The summed E-state index contributed by atoms with van der Waals surface area (Å²) >= 11 is 2.97. The molecule has 116 valence electrons. The van der Waals surface area contributed by atoms with Gasteiger partial charge in [0.1, 0.15) is 5.25 Å². The SMILES string of the molecule is CN(C)C(=O)C(Sc1nnc(NC2CC2)s1)c1ccccc1. The van der Waals surface area contributed by atoms with Gasteiger partial charge >= 0.3 is 0 Å². The number of aromatic nitrogens is 2. The lowest BCUT2D eigenvalue weighted by molar-refractivity contribution is -0.128. The van der Waals surface area contributed by atoms with E-state index in [1.165, 1.54) is 35.9 Å². The van der Waals surface area contributed by atoms with E-state index in [9.17, 15) is 4.79 Å². The molecule has 1 heterocycles. The van der Waals surface area contributed by atoms with Crippen molar-refractivity contribution in [3.05, 3.63) is 35.9 Å². The van der Waals surface area contributed by atoms with Crippen LogP contribution in [0.1, 0.15) is 23.7 Å². The van der Waals surface area contributed by atoms with E-state index in [2.05, 4.69) is 15.5 Å². The normalized spacial score (nSPS) is 15.4. The molecule has 0 bridgehead atoms. The monoisotopic (exact) mass is 334 g/mol. The van der Waals surface area contributed by atoms with Crippen molar-refractivity contribution in [1.82, 2.24) is 15.1 Å². The molecule has 1 aliphatic rings. The van der Waals surface area contributed by atoms with Crippen LogP contribution in [-0.2, 0) is 4.79 Å². The van der Waals surface area contributed by atoms with Crippen molar-refractivity contribution in [1.29, 1.82) is 0 Å². The number of amides is 1. The van der Waals surface area contributed by atoms with Crippen molar-refractivity contribution in [3.8, 4) is 0 Å². The highest BCUT2D eigenvalue weighted by Crippen LogP contribution is 2.39. The van der Waals surface area contributed by atoms with Gasteiger partial charge in [-0.05, 0) is 18.4 Å². The van der Waals surface area contributed by atoms with E-state index in [4.69, 9.17) is 0 Å². The zero-order valence-electron chi connectivity index (χ0n) is 12.5. The number of carbonyl (C=O) groups is 1. The Kier molecular flexibility index (Phi) is 4.63. The van der Waals surface area contributed by atoms with Gasteiger partial charge in [-0.3, -0.25) is 4.79 Å². The number of benzene rings is 1. The van der Waals surface area contributed by atoms with Gasteiger partial charge in [-0.15, -0.1) is 10.2 Å². The van der Waals surface area contributed by atoms with E-state index in [-0.39, 0.29) is 11.2 Å². The average molecular weight is 334 g/mol. The Morgan fingerprint density at radius 2 is 2.05 bits per heavy atom. The topological polar surface area (TPSA) is 58.1 Å². The van der Waals surface area contributed by atoms with Crippen molar-refractivity contribution < 1.29 is 4.79 Å². The second-order valence-electron chi connectivity index (χ2n) is 5.43. The molecule has 22 heavy (non-hydrogen) atoms. The number of rotatable bonds is 6. The van der Waals surface area contributed by atoms with Crippen LogP contribution in [0.15, 0.2) is 34.7 Å². The first kappa shape index (κ1) is 15.3. The molecule has 5 nitrogen and oxygen atoms in total. The summed E-state index contributed by atoms with van der Waals surface area (Å²) in [6.45, 7) is 0. The molecule has 1 aromatic heterocycles. The molecule has 1 amide bonds. The van der Waals surface area contributed by atoms with Crippen LogP contribution in [0.5, 0.6) is 0 Å². The van der Waals surface area contributed by atoms with Gasteiger partial charge in [-0.1, -0.05) is 53.4 Å². The van der Waals surface area contributed by atoms with E-state index in [0.29, 0.717) is 6.04 Å². The number of thioether (sulfide) groups is 1. The second kappa shape index (κ2) is 6.66. The molecule has 1 aliphatic carbocycles. The van der Waals surface area contributed by atoms with Crippen LogP contribution in [0.25, 0.3) is 0 Å². The number of nitrogens with zero attached hydrogens (tertiary/aromatic N) is 3. The largest absolute Gasteiger partial charge is 0.357 e. The Morgan fingerprint density at radius 1 is 1.32 bits per heavy atom. The minimum absolute atomic E-state index is 0.0584. The molecule has 7 heteroatoms. The summed E-state index contributed by atoms with van der Waals surface area (Å²) in [5, 5.41) is 12.2. The van der Waals surface area contributed by atoms with Crippen LogP contribution in [0.2, 0.25) is 0 Å². The molecule has 1 atom stereocenters. The van der Waals surface area contributed by atoms with Crippen LogP contribution < -0.4 is 5.32 Å². The Bertz CT molecular complexity index is 640. The van der Waals surface area contributed by atoms with E-state index in [1.54, 1.807) is 19.0 Å². The Morgan fingerprint density at radius 3 is 2.68 bits per heavy atom. The minimum atomic E-state index is -0.294. The van der Waals surface area contributed by atoms with Crippen molar-refractivity contribution in [2.24, 2.45) is 0 Å². The molecule has 2 aromatic rings. The molecule has 1 aromatic carbocycles. The first-order valence-electron chi connectivity index (χ1n) is 7.16. The van der Waals surface area contributed by atoms with Gasteiger partial charge in [0.2, 0.25) is 11.0 Å². The lowest BCUT2D eigenvalue weighted by Crippen LogP contribution is -2.26. The number of hydrogen-bond acceptors (Lipinski definition) is 6. The number of likely N-dealkylation sites (N-methyl/N-ethyl adjacent to an activating group) is 1. The zero-order valence-corrected chi connectivity index (χ0v) is 14.2. The highest BCUT2D eigenvalue weighted by molar-refractivity contribution is 8.01. The van der Waals surface area contributed by atoms with Gasteiger partial charge in [0, 0.05) is 20.1 Å². The standard InChI is InChI=1S/C15H18N4OS2/c1-19(2)13(20)12(10-6-4-3-5-7-10)21-15-18-17-14(22-15)16-11-8-9-11/h3-7,11-12H,8-9H2,1-2H3,(H,16,17). The number of nitrogens with one attached hydrogen (secondary N) is 1. The summed E-state index contributed by atoms with van der Waals surface area (Å²) < 4.78 is 0.812. The summed E-state index contributed by atoms with van der Waals surface area (Å²) in [6, 6.07) is 10.4. The molecule has 1 saturated carbocycles. The zero-order chi connectivity index (χ0) is 15.5. The van der Waals surface area contributed by atoms with Gasteiger partial charge in [0.25, 0.3) is 0 Å². The fourth-order valence-corrected chi connectivity index (χ4v) is 4.11. The van der Waals surface area contributed by atoms with Crippen LogP contribution >= 0.6 is 23.1 Å². The molecule has 3 rings (SSSR count). The summed E-state index contributed by atoms with van der Waals surface area (Å²) in [4.78, 5) is 14.1. The van der Waals surface area contributed by atoms with Gasteiger partial charge < -0.3 is 10.2 Å². The molecule has 1 N–H and O–H groups in total. The summed E-state index contributed by atoms with van der Waals surface area (Å²) in [5.74, 6) is 0.0584. The lowest BCUT2D eigenvalue weighted by Gasteiger charge is -2.19. The Balaban J connectivity index is 1.77. The predicted molar refractivity (Wildman–Crippen MR) is 90.3 cm³/mol. The molecular weight excluding hydrogens is 316 g/mol. The summed E-state index contributed by atoms with van der Waals surface area (Å²) in [7, 11) is 3.55. The molecule has 0 saturated heterocycles. The maximum absolute atomic E-state index is 12.5. The minimum Gasteiger partial charge on any atom is -0.357 e. The van der Waals surface area contributed by atoms with Crippen molar-refractivity contribution in [2.45, 2.75) is 28.5 Å². The number of hydrogen-bond donors (Lipinski definition) is 1. The van der Waals surface area contributed by atoms with Gasteiger partial charge in [0.05, 0.1) is 0 Å². The van der Waals surface area contributed by atoms with Crippen molar-refractivity contribution in [3.63, 3.8) is 0 Å². The van der Waals surface area contributed by atoms with Crippen LogP contribution in [0, 0.1) is 0 Å². The third kappa shape index (κ3) is 3.78. The predicted octanol–water partition coefficient (Wildman–Crippen LogP) is 3.03. The van der Waals surface area contributed by atoms with Crippen LogP contribution in [-0.4, -0.2) is 41.1 Å². The van der Waals surface area contributed by atoms with Gasteiger partial charge in [0.15, 0.2) is 4.34 Å². The van der Waals surface area contributed by atoms with Crippen molar-refractivity contribution >= 4 is 34.1 Å². The average Bonchev–Trinajstić information content (AvgIpc) is 3.22. The lowest BCUT2D eigenvalue weighted by atomic mass is 10.1. The number of carbonyl (C=O) groups excluding carboxylic acids is 1. The smallest absolute Gasteiger partial charge is 0.240 e. The van der Waals surface area contributed by atoms with Gasteiger partial charge in [-0.2, -0.15) is 0 Å². The maximum Gasteiger partial charge on any atom is 0.240 e. The first-order chi connectivity index (χ1) is 10.6. The maximum atomic E-state index is 12.5. The quantitative estimate of drug-likeness (QED) is 0.823. The molecule has 1 unspecified atom stereocenters.